The quantitative estimate of drug-likeness (QED) is 0.186. The molecule has 1 aromatic rings. The van der Waals surface area contributed by atoms with Crippen molar-refractivity contribution in [2.45, 2.75) is 64.2 Å². The summed E-state index contributed by atoms with van der Waals surface area (Å²) < 4.78 is 15.9. The van der Waals surface area contributed by atoms with E-state index in [2.05, 4.69) is 15.5 Å². The van der Waals surface area contributed by atoms with Gasteiger partial charge in [-0.05, 0) is 47.1 Å². The van der Waals surface area contributed by atoms with Gasteiger partial charge in [-0.15, -0.1) is 23.1 Å². The maximum Gasteiger partial charge on any atom is 0.355 e. The van der Waals surface area contributed by atoms with Gasteiger partial charge in [0.2, 0.25) is 6.61 Å². The van der Waals surface area contributed by atoms with Crippen LogP contribution in [0.3, 0.4) is 0 Å². The van der Waals surface area contributed by atoms with E-state index in [9.17, 15) is 19.2 Å². The molecule has 2 amide bonds. The number of amides is 2. The lowest BCUT2D eigenvalue weighted by Crippen LogP contribution is -2.71. The summed E-state index contributed by atoms with van der Waals surface area (Å²) in [5.74, 6) is -2.20. The van der Waals surface area contributed by atoms with Crippen LogP contribution in [0, 0.1) is 0 Å². The number of thiazole rings is 1. The highest BCUT2D eigenvalue weighted by Crippen LogP contribution is 2.41. The number of hydrogen-bond acceptors (Lipinski definition) is 13. The van der Waals surface area contributed by atoms with Crippen molar-refractivity contribution in [3.8, 4) is 0 Å². The van der Waals surface area contributed by atoms with Crippen LogP contribution < -0.4 is 11.1 Å². The third-order valence-corrected chi connectivity index (χ3v) is 7.00. The number of nitrogens with two attached hydrogens (primary N) is 1. The minimum absolute atomic E-state index is 0.107. The van der Waals surface area contributed by atoms with Gasteiger partial charge in [0.05, 0.1) is 6.61 Å². The van der Waals surface area contributed by atoms with Crippen molar-refractivity contribution in [2.24, 2.45) is 5.16 Å². The Hall–Kier alpha value is -3.17. The van der Waals surface area contributed by atoms with Gasteiger partial charge in [0.1, 0.15) is 34.0 Å². The molecule has 3 N–H and O–H groups in total. The van der Waals surface area contributed by atoms with Gasteiger partial charge in [-0.3, -0.25) is 14.5 Å². The summed E-state index contributed by atoms with van der Waals surface area (Å²) in [6, 6.07) is -0.962. The predicted octanol–water partition coefficient (Wildman–Crippen LogP) is 1.43. The number of fused-ring (bicyclic) bond motifs is 1. The van der Waals surface area contributed by atoms with E-state index in [0.29, 0.717) is 11.3 Å². The van der Waals surface area contributed by atoms with Gasteiger partial charge >= 0.3 is 11.9 Å². The predicted molar refractivity (Wildman–Crippen MR) is 145 cm³/mol. The molecule has 0 spiro atoms. The van der Waals surface area contributed by atoms with Crippen LogP contribution in [-0.2, 0) is 38.2 Å². The zero-order valence-electron chi connectivity index (χ0n) is 22.9. The third kappa shape index (κ3) is 7.70. The van der Waals surface area contributed by atoms with E-state index in [1.54, 1.807) is 41.5 Å². The first-order chi connectivity index (χ1) is 18.1. The molecule has 1 saturated heterocycles. The summed E-state index contributed by atoms with van der Waals surface area (Å²) in [7, 11) is 1.49. The Morgan fingerprint density at radius 1 is 1.18 bits per heavy atom. The summed E-state index contributed by atoms with van der Waals surface area (Å²) >= 11 is 2.45. The van der Waals surface area contributed by atoms with E-state index in [4.69, 9.17) is 24.8 Å². The third-order valence-electron chi connectivity index (χ3n) is 4.98. The van der Waals surface area contributed by atoms with Gasteiger partial charge in [-0.2, -0.15) is 0 Å². The molecular formula is C24H33N5O8S2. The molecule has 13 nitrogen and oxygen atoms in total. The summed E-state index contributed by atoms with van der Waals surface area (Å²) in [5.41, 5.74) is 4.78. The number of carbonyl (C=O) groups excluding carboxylic acids is 4. The lowest BCUT2D eigenvalue weighted by molar-refractivity contribution is -0.160. The molecule has 214 valence electrons. The zero-order chi connectivity index (χ0) is 29.1. The first-order valence-electron chi connectivity index (χ1n) is 11.9. The molecule has 0 saturated carbocycles. The van der Waals surface area contributed by atoms with Crippen LogP contribution in [0.2, 0.25) is 0 Å². The first kappa shape index (κ1) is 30.4. The second-order valence-corrected chi connectivity index (χ2v) is 12.6. The maximum atomic E-state index is 13.2. The molecule has 15 heteroatoms. The minimum Gasteiger partial charge on any atom is -0.457 e. The van der Waals surface area contributed by atoms with Crippen molar-refractivity contribution >= 4 is 57.7 Å². The standard InChI is InChI=1S/C24H33N5O8S2/c1-23(2,3)36-14(30)9-35-28-15(13-11-39-22(25)26-13)18(31)27-16-19(32)29-17(21(33)37-24(4,5)6)12(8-34-7)10-38-20(16)29/h11,16,20H,8-10H2,1-7H3,(H2,25,26)(H,27,31)/t16?,20-/m1/s1. The van der Waals surface area contributed by atoms with Crippen LogP contribution in [0.15, 0.2) is 21.8 Å². The van der Waals surface area contributed by atoms with E-state index in [1.807, 2.05) is 0 Å². The molecule has 3 heterocycles. The first-order valence-corrected chi connectivity index (χ1v) is 13.9. The highest BCUT2D eigenvalue weighted by Gasteiger charge is 2.55. The van der Waals surface area contributed by atoms with Crippen molar-refractivity contribution in [1.29, 1.82) is 0 Å². The van der Waals surface area contributed by atoms with E-state index >= 15 is 0 Å². The monoisotopic (exact) mass is 583 g/mol. The van der Waals surface area contributed by atoms with Gasteiger partial charge in [0.25, 0.3) is 11.8 Å². The van der Waals surface area contributed by atoms with Crippen LogP contribution in [-0.4, -0.2) is 88.0 Å². The molecule has 1 fully saturated rings. The lowest BCUT2D eigenvalue weighted by Gasteiger charge is -2.49. The number of nitrogens with one attached hydrogen (secondary N) is 1. The number of β-lactam (4-membered cyclic amide) rings is 1. The Kier molecular flexibility index (Phi) is 9.28. The van der Waals surface area contributed by atoms with Crippen LogP contribution >= 0.6 is 23.1 Å². The molecule has 2 aliphatic rings. The Balaban J connectivity index is 1.78. The largest absolute Gasteiger partial charge is 0.457 e. The van der Waals surface area contributed by atoms with Crippen molar-refractivity contribution in [2.75, 3.05) is 31.8 Å². The highest BCUT2D eigenvalue weighted by molar-refractivity contribution is 8.00. The SMILES string of the molecule is COCC1=C(C(=O)OC(C)(C)C)N2C(=O)C(NC(=O)C(=NOCC(=O)OC(C)(C)C)c3csc(N)n3)[C@H]2SC1. The van der Waals surface area contributed by atoms with Crippen molar-refractivity contribution in [3.05, 3.63) is 22.3 Å². The van der Waals surface area contributed by atoms with Gasteiger partial charge in [-0.1, -0.05) is 5.16 Å². The lowest BCUT2D eigenvalue weighted by atomic mass is 10.0. The number of rotatable bonds is 9. The number of hydrogen-bond donors (Lipinski definition) is 2. The molecule has 1 unspecified atom stereocenters. The van der Waals surface area contributed by atoms with E-state index in [-0.39, 0.29) is 28.8 Å². The van der Waals surface area contributed by atoms with Gasteiger partial charge < -0.3 is 30.1 Å². The number of nitrogen functional groups attached to an aromatic ring is 1. The molecule has 0 radical (unpaired) electrons. The molecule has 3 rings (SSSR count). The van der Waals surface area contributed by atoms with Gasteiger partial charge in [0.15, 0.2) is 10.8 Å². The molecular weight excluding hydrogens is 550 g/mol. The average Bonchev–Trinajstić information content (AvgIpc) is 3.23. The molecule has 2 aliphatic heterocycles. The summed E-state index contributed by atoms with van der Waals surface area (Å²) in [5, 5.41) is 7.56. The average molecular weight is 584 g/mol. The number of ether oxygens (including phenoxy) is 3. The fraction of sp³-hybridized carbons (Fsp3) is 0.583. The van der Waals surface area contributed by atoms with E-state index in [0.717, 1.165) is 11.3 Å². The normalized spacial score (nSPS) is 19.7. The Bertz CT molecular complexity index is 1200. The van der Waals surface area contributed by atoms with E-state index < -0.39 is 53.0 Å². The summed E-state index contributed by atoms with van der Waals surface area (Å²) in [4.78, 5) is 61.9. The topological polar surface area (TPSA) is 172 Å². The number of carbonyl (C=O) groups is 4. The van der Waals surface area contributed by atoms with Crippen molar-refractivity contribution < 1.29 is 38.2 Å². The van der Waals surface area contributed by atoms with Gasteiger partial charge in [-0.25, -0.2) is 14.6 Å². The summed E-state index contributed by atoms with van der Waals surface area (Å²) in [6.45, 7) is 9.90. The number of anilines is 1. The molecule has 0 aliphatic carbocycles. The number of thioether (sulfide) groups is 1. The second-order valence-electron chi connectivity index (χ2n) is 10.6. The Morgan fingerprint density at radius 2 is 1.85 bits per heavy atom. The molecule has 0 bridgehead atoms. The van der Waals surface area contributed by atoms with Crippen LogP contribution in [0.4, 0.5) is 5.13 Å². The molecule has 2 atom stereocenters. The zero-order valence-corrected chi connectivity index (χ0v) is 24.5. The highest BCUT2D eigenvalue weighted by atomic mass is 32.2. The molecule has 39 heavy (non-hydrogen) atoms. The maximum absolute atomic E-state index is 13.2. The van der Waals surface area contributed by atoms with Crippen molar-refractivity contribution in [3.63, 3.8) is 0 Å². The van der Waals surface area contributed by atoms with Crippen LogP contribution in [0.25, 0.3) is 0 Å². The van der Waals surface area contributed by atoms with E-state index in [1.165, 1.54) is 29.2 Å². The Morgan fingerprint density at radius 3 is 2.41 bits per heavy atom. The van der Waals surface area contributed by atoms with Crippen molar-refractivity contribution in [1.82, 2.24) is 15.2 Å². The number of aromatic nitrogens is 1. The van der Waals surface area contributed by atoms with Crippen LogP contribution in [0.5, 0.6) is 0 Å². The smallest absolute Gasteiger partial charge is 0.355 e. The Labute approximate surface area is 234 Å². The number of oxime groups is 1. The summed E-state index contributed by atoms with van der Waals surface area (Å²) in [6.07, 6.45) is 0. The van der Waals surface area contributed by atoms with Crippen LogP contribution in [0.1, 0.15) is 47.2 Å². The minimum atomic E-state index is -0.962. The number of esters is 2. The molecule has 0 aromatic carbocycles. The number of methoxy groups -OCH3 is 1. The fourth-order valence-electron chi connectivity index (χ4n) is 3.61. The molecule has 1 aromatic heterocycles. The van der Waals surface area contributed by atoms with Gasteiger partial charge in [0, 0.05) is 18.2 Å². The number of nitrogens with zero attached hydrogens (tertiary/aromatic N) is 3. The fourth-order valence-corrected chi connectivity index (χ4v) is 5.49. The second kappa shape index (κ2) is 11.9.